The maximum absolute atomic E-state index is 12.0. The van der Waals surface area contributed by atoms with Crippen molar-refractivity contribution in [3.8, 4) is 0 Å². The van der Waals surface area contributed by atoms with Crippen LogP contribution >= 0.6 is 11.8 Å². The molecule has 1 aromatic rings. The van der Waals surface area contributed by atoms with Crippen LogP contribution in [-0.2, 0) is 17.8 Å². The van der Waals surface area contributed by atoms with Gasteiger partial charge in [-0.15, -0.1) is 0 Å². The van der Waals surface area contributed by atoms with Gasteiger partial charge in [0.15, 0.2) is 0 Å². The number of aromatic nitrogens is 2. The number of alkyl halides is 3. The predicted octanol–water partition coefficient (Wildman–Crippen LogP) is 2.38. The Morgan fingerprint density at radius 1 is 1.44 bits per heavy atom. The van der Waals surface area contributed by atoms with E-state index < -0.39 is 11.5 Å². The average molecular weight is 282 g/mol. The topological polar surface area (TPSA) is 55.1 Å². The number of rotatable bonds is 5. The Hall–Kier alpha value is -1.18. The Balaban J connectivity index is 2.70. The van der Waals surface area contributed by atoms with Gasteiger partial charge in [-0.3, -0.25) is 9.48 Å². The van der Waals surface area contributed by atoms with E-state index >= 15 is 0 Å². The van der Waals surface area contributed by atoms with Gasteiger partial charge in [0, 0.05) is 17.0 Å². The first-order valence-corrected chi connectivity index (χ1v) is 6.14. The third kappa shape index (κ3) is 4.25. The third-order valence-corrected chi connectivity index (χ3v) is 3.14. The molecule has 0 radical (unpaired) electrons. The van der Waals surface area contributed by atoms with Crippen LogP contribution in [0.4, 0.5) is 13.2 Å². The lowest BCUT2D eigenvalue weighted by molar-refractivity contribution is -0.136. The first kappa shape index (κ1) is 14.9. The number of nitrogens with zero attached hydrogens (tertiary/aromatic N) is 2. The third-order valence-electron chi connectivity index (χ3n) is 2.43. The number of thioether (sulfide) groups is 1. The molecule has 0 fully saturated rings. The number of carboxylic acid groups (broad SMARTS) is 1. The zero-order chi connectivity index (χ0) is 13.9. The highest BCUT2D eigenvalue weighted by atomic mass is 32.2. The molecule has 0 aliphatic carbocycles. The first-order chi connectivity index (χ1) is 8.20. The lowest BCUT2D eigenvalue weighted by Crippen LogP contribution is -2.09. The second-order valence-electron chi connectivity index (χ2n) is 3.74. The number of carboxylic acids is 1. The van der Waals surface area contributed by atoms with Gasteiger partial charge in [0.2, 0.25) is 0 Å². The van der Waals surface area contributed by atoms with Crippen molar-refractivity contribution in [2.45, 2.75) is 32.3 Å². The second-order valence-corrected chi connectivity index (χ2v) is 4.90. The number of carbonyl (C=O) groups is 1. The fourth-order valence-electron chi connectivity index (χ4n) is 1.61. The molecule has 0 aromatic carbocycles. The fourth-order valence-corrected chi connectivity index (χ4v) is 2.10. The minimum atomic E-state index is -4.25. The Morgan fingerprint density at radius 3 is 2.56 bits per heavy atom. The molecule has 0 unspecified atom stereocenters. The summed E-state index contributed by atoms with van der Waals surface area (Å²) in [4.78, 5) is 10.6. The minimum absolute atomic E-state index is 0.108. The lowest BCUT2D eigenvalue weighted by Gasteiger charge is -2.07. The van der Waals surface area contributed by atoms with Crippen molar-refractivity contribution in [1.82, 2.24) is 9.78 Å². The number of aryl methyl sites for hydroxylation is 2. The van der Waals surface area contributed by atoms with Crippen LogP contribution in [0.25, 0.3) is 0 Å². The van der Waals surface area contributed by atoms with E-state index in [2.05, 4.69) is 5.10 Å². The Labute approximate surface area is 106 Å². The van der Waals surface area contributed by atoms with Crippen molar-refractivity contribution in [1.29, 1.82) is 0 Å². The summed E-state index contributed by atoms with van der Waals surface area (Å²) in [7, 11) is 0. The molecular formula is C10H13F3N2O2S. The van der Waals surface area contributed by atoms with E-state index in [9.17, 15) is 18.0 Å². The van der Waals surface area contributed by atoms with E-state index in [1.54, 1.807) is 13.8 Å². The minimum Gasteiger partial charge on any atom is -0.481 e. The van der Waals surface area contributed by atoms with Crippen LogP contribution in [0.2, 0.25) is 0 Å². The Morgan fingerprint density at radius 2 is 2.06 bits per heavy atom. The number of hydrogen-bond acceptors (Lipinski definition) is 3. The summed E-state index contributed by atoms with van der Waals surface area (Å²) in [5.41, 5.74) is -2.52. The quantitative estimate of drug-likeness (QED) is 0.901. The molecule has 0 atom stereocenters. The molecular weight excluding hydrogens is 269 g/mol. The van der Waals surface area contributed by atoms with Crippen molar-refractivity contribution >= 4 is 17.7 Å². The summed E-state index contributed by atoms with van der Waals surface area (Å²) >= 11 is -0.111. The number of halogens is 3. The van der Waals surface area contributed by atoms with Crippen molar-refractivity contribution in [2.75, 3.05) is 5.75 Å². The molecule has 0 aliphatic rings. The maximum Gasteiger partial charge on any atom is 0.441 e. The van der Waals surface area contributed by atoms with Crippen molar-refractivity contribution in [3.05, 3.63) is 17.0 Å². The van der Waals surface area contributed by atoms with Crippen LogP contribution in [0.15, 0.2) is 0 Å². The SMILES string of the molecule is Cc1nn(CCSC(F)(F)F)c(C)c1CC(=O)O. The van der Waals surface area contributed by atoms with E-state index in [0.717, 1.165) is 0 Å². The zero-order valence-corrected chi connectivity index (χ0v) is 10.7. The molecule has 4 nitrogen and oxygen atoms in total. The molecule has 1 aromatic heterocycles. The molecule has 102 valence electrons. The molecule has 0 spiro atoms. The van der Waals surface area contributed by atoms with Gasteiger partial charge in [0.1, 0.15) is 0 Å². The molecule has 0 amide bonds. The zero-order valence-electron chi connectivity index (χ0n) is 9.91. The molecule has 1 rings (SSSR count). The van der Waals surface area contributed by atoms with Crippen LogP contribution < -0.4 is 0 Å². The molecule has 18 heavy (non-hydrogen) atoms. The highest BCUT2D eigenvalue weighted by Crippen LogP contribution is 2.30. The van der Waals surface area contributed by atoms with E-state index in [1.807, 2.05) is 0 Å². The Kier molecular flexibility index (Phi) is 4.66. The second kappa shape index (κ2) is 5.64. The number of aliphatic carboxylic acids is 1. The van der Waals surface area contributed by atoms with Gasteiger partial charge in [-0.05, 0) is 25.6 Å². The van der Waals surface area contributed by atoms with Gasteiger partial charge in [-0.2, -0.15) is 18.3 Å². The standard InChI is InChI=1S/C10H13F3N2O2S/c1-6-8(5-9(16)17)7(2)15(14-6)3-4-18-10(11,12)13/h3-5H2,1-2H3,(H,16,17). The molecule has 0 bridgehead atoms. The summed E-state index contributed by atoms with van der Waals surface area (Å²) in [5.74, 6) is -1.12. The van der Waals surface area contributed by atoms with Crippen molar-refractivity contribution in [3.63, 3.8) is 0 Å². The van der Waals surface area contributed by atoms with Crippen LogP contribution in [0.1, 0.15) is 17.0 Å². The normalized spacial score (nSPS) is 11.8. The van der Waals surface area contributed by atoms with Gasteiger partial charge < -0.3 is 5.11 Å². The lowest BCUT2D eigenvalue weighted by atomic mass is 10.1. The fraction of sp³-hybridized carbons (Fsp3) is 0.600. The molecule has 8 heteroatoms. The highest BCUT2D eigenvalue weighted by molar-refractivity contribution is 8.00. The number of hydrogen-bond donors (Lipinski definition) is 1. The van der Waals surface area contributed by atoms with E-state index in [0.29, 0.717) is 17.0 Å². The monoisotopic (exact) mass is 282 g/mol. The first-order valence-electron chi connectivity index (χ1n) is 5.16. The van der Waals surface area contributed by atoms with Crippen LogP contribution in [-0.4, -0.2) is 32.1 Å². The average Bonchev–Trinajstić information content (AvgIpc) is 2.43. The predicted molar refractivity (Wildman–Crippen MR) is 61.6 cm³/mol. The van der Waals surface area contributed by atoms with Crippen molar-refractivity contribution < 1.29 is 23.1 Å². The van der Waals surface area contributed by atoms with Crippen LogP contribution in [0.5, 0.6) is 0 Å². The van der Waals surface area contributed by atoms with E-state index in [4.69, 9.17) is 5.11 Å². The molecule has 1 N–H and O–H groups in total. The molecule has 0 saturated carbocycles. The summed E-state index contributed by atoms with van der Waals surface area (Å²) in [5, 5.41) is 12.8. The van der Waals surface area contributed by atoms with E-state index in [1.165, 1.54) is 4.68 Å². The van der Waals surface area contributed by atoms with Gasteiger partial charge in [-0.25, -0.2) is 0 Å². The summed E-state index contributed by atoms with van der Waals surface area (Å²) in [6.45, 7) is 3.42. The molecule has 1 heterocycles. The summed E-state index contributed by atoms with van der Waals surface area (Å²) in [6.07, 6.45) is -0.163. The van der Waals surface area contributed by atoms with Gasteiger partial charge in [0.25, 0.3) is 0 Å². The van der Waals surface area contributed by atoms with Gasteiger partial charge in [-0.1, -0.05) is 0 Å². The summed E-state index contributed by atoms with van der Waals surface area (Å²) < 4.78 is 37.3. The van der Waals surface area contributed by atoms with E-state index in [-0.39, 0.29) is 30.5 Å². The van der Waals surface area contributed by atoms with Crippen LogP contribution in [0.3, 0.4) is 0 Å². The van der Waals surface area contributed by atoms with Crippen molar-refractivity contribution in [2.24, 2.45) is 0 Å². The summed E-state index contributed by atoms with van der Waals surface area (Å²) in [6, 6.07) is 0. The van der Waals surface area contributed by atoms with Gasteiger partial charge in [0.05, 0.1) is 18.7 Å². The van der Waals surface area contributed by atoms with Gasteiger partial charge >= 0.3 is 11.5 Å². The Bertz CT molecular complexity index is 443. The largest absolute Gasteiger partial charge is 0.481 e. The highest BCUT2D eigenvalue weighted by Gasteiger charge is 2.27. The molecule has 0 saturated heterocycles. The van der Waals surface area contributed by atoms with Crippen LogP contribution in [0, 0.1) is 13.8 Å². The molecule has 0 aliphatic heterocycles. The smallest absolute Gasteiger partial charge is 0.441 e. The maximum atomic E-state index is 12.0.